The molecule has 1 rings (SSSR count). The Balaban J connectivity index is 2.55. The molecule has 0 aliphatic heterocycles. The monoisotopic (exact) mass is 409 g/mol. The lowest BCUT2D eigenvalue weighted by Gasteiger charge is -2.23. The highest BCUT2D eigenvalue weighted by atomic mass is 35.5. The summed E-state index contributed by atoms with van der Waals surface area (Å²) in [5, 5.41) is 6.34. The Labute approximate surface area is 162 Å². The number of benzene rings is 1. The fourth-order valence-corrected chi connectivity index (χ4v) is 2.51. The summed E-state index contributed by atoms with van der Waals surface area (Å²) in [4.78, 5) is 25.8. The summed E-state index contributed by atoms with van der Waals surface area (Å²) in [5.41, 5.74) is 0.366. The van der Waals surface area contributed by atoms with E-state index in [0.717, 1.165) is 6.42 Å². The molecule has 2 amide bonds. The molecule has 6 nitrogen and oxygen atoms in total. The van der Waals surface area contributed by atoms with E-state index in [1.165, 1.54) is 12.1 Å². The molecule has 0 aliphatic rings. The lowest BCUT2D eigenvalue weighted by molar-refractivity contribution is -0.124. The highest BCUT2D eigenvalue weighted by Crippen LogP contribution is 2.32. The summed E-state index contributed by atoms with van der Waals surface area (Å²) >= 11 is 17.9. The summed E-state index contributed by atoms with van der Waals surface area (Å²) in [6.07, 6.45) is 0.734. The second kappa shape index (κ2) is 10.8. The Kier molecular flexibility index (Phi) is 9.53. The van der Waals surface area contributed by atoms with Gasteiger partial charge in [0.25, 0.3) is 0 Å². The Morgan fingerprint density at radius 2 is 1.84 bits per heavy atom. The Hall–Kier alpha value is -1.05. The van der Waals surface area contributed by atoms with Crippen molar-refractivity contribution in [3.8, 4) is 0 Å². The molecule has 25 heavy (non-hydrogen) atoms. The number of hydrogen-bond acceptors (Lipinski definition) is 4. The Morgan fingerprint density at radius 1 is 1.20 bits per heavy atom. The first-order valence-corrected chi connectivity index (χ1v) is 8.81. The van der Waals surface area contributed by atoms with E-state index in [2.05, 4.69) is 10.6 Å². The SMILES string of the molecule is COCCCNC(=O)CN(C)C(C)C(=O)Nc1cc(Cl)c(Cl)cc1Cl. The maximum atomic E-state index is 12.3. The molecular weight excluding hydrogens is 389 g/mol. The average Bonchev–Trinajstić information content (AvgIpc) is 2.55. The van der Waals surface area contributed by atoms with Crippen LogP contribution in [-0.2, 0) is 14.3 Å². The number of rotatable bonds is 9. The van der Waals surface area contributed by atoms with Gasteiger partial charge in [0.2, 0.25) is 11.8 Å². The number of methoxy groups -OCH3 is 1. The van der Waals surface area contributed by atoms with E-state index in [1.54, 1.807) is 26.0 Å². The van der Waals surface area contributed by atoms with Gasteiger partial charge in [-0.3, -0.25) is 14.5 Å². The van der Waals surface area contributed by atoms with Gasteiger partial charge in [-0.05, 0) is 32.5 Å². The molecule has 9 heteroatoms. The topological polar surface area (TPSA) is 70.7 Å². The fraction of sp³-hybridized carbons (Fsp3) is 0.500. The lowest BCUT2D eigenvalue weighted by Crippen LogP contribution is -2.45. The van der Waals surface area contributed by atoms with Crippen LogP contribution in [0.1, 0.15) is 13.3 Å². The minimum Gasteiger partial charge on any atom is -0.385 e. The van der Waals surface area contributed by atoms with Crippen LogP contribution in [-0.4, -0.2) is 56.6 Å². The fourth-order valence-electron chi connectivity index (χ4n) is 1.92. The van der Waals surface area contributed by atoms with Crippen molar-refractivity contribution in [2.45, 2.75) is 19.4 Å². The van der Waals surface area contributed by atoms with Crippen molar-refractivity contribution in [3.05, 3.63) is 27.2 Å². The molecule has 0 aromatic heterocycles. The molecule has 0 heterocycles. The van der Waals surface area contributed by atoms with Gasteiger partial charge in [0.1, 0.15) is 0 Å². The molecule has 2 N–H and O–H groups in total. The van der Waals surface area contributed by atoms with Crippen LogP contribution >= 0.6 is 34.8 Å². The number of likely N-dealkylation sites (N-methyl/N-ethyl adjacent to an activating group) is 1. The standard InChI is InChI=1S/C16H22Cl3N3O3/c1-10(22(2)9-15(23)20-5-4-6-25-3)16(24)21-14-8-12(18)11(17)7-13(14)19/h7-8,10H,4-6,9H2,1-3H3,(H,20,23)(H,21,24). The highest BCUT2D eigenvalue weighted by Gasteiger charge is 2.21. The van der Waals surface area contributed by atoms with Gasteiger partial charge >= 0.3 is 0 Å². The van der Waals surface area contributed by atoms with Crippen LogP contribution in [0, 0.1) is 0 Å². The van der Waals surface area contributed by atoms with E-state index < -0.39 is 6.04 Å². The number of halogens is 3. The van der Waals surface area contributed by atoms with Gasteiger partial charge in [0.05, 0.1) is 33.3 Å². The van der Waals surface area contributed by atoms with E-state index in [9.17, 15) is 9.59 Å². The van der Waals surface area contributed by atoms with Crippen LogP contribution in [0.2, 0.25) is 15.1 Å². The first-order chi connectivity index (χ1) is 11.8. The molecule has 1 aromatic carbocycles. The molecule has 140 valence electrons. The third-order valence-electron chi connectivity index (χ3n) is 3.55. The zero-order valence-corrected chi connectivity index (χ0v) is 16.6. The van der Waals surface area contributed by atoms with Gasteiger partial charge in [-0.15, -0.1) is 0 Å². The van der Waals surface area contributed by atoms with Crippen molar-refractivity contribution < 1.29 is 14.3 Å². The van der Waals surface area contributed by atoms with Crippen LogP contribution in [0.25, 0.3) is 0 Å². The number of hydrogen-bond donors (Lipinski definition) is 2. The Morgan fingerprint density at radius 3 is 2.48 bits per heavy atom. The summed E-state index contributed by atoms with van der Waals surface area (Å²) in [6, 6.07) is 2.40. The average molecular weight is 411 g/mol. The normalized spacial score (nSPS) is 12.1. The molecule has 0 saturated carbocycles. The molecule has 0 bridgehead atoms. The van der Waals surface area contributed by atoms with Crippen molar-refractivity contribution in [2.75, 3.05) is 39.2 Å². The van der Waals surface area contributed by atoms with E-state index in [1.807, 2.05) is 0 Å². The van der Waals surface area contributed by atoms with Crippen LogP contribution < -0.4 is 10.6 Å². The van der Waals surface area contributed by atoms with E-state index >= 15 is 0 Å². The van der Waals surface area contributed by atoms with E-state index in [0.29, 0.717) is 23.9 Å². The lowest BCUT2D eigenvalue weighted by atomic mass is 10.2. The molecule has 1 aromatic rings. The minimum atomic E-state index is -0.546. The van der Waals surface area contributed by atoms with Crippen LogP contribution in [0.3, 0.4) is 0 Å². The van der Waals surface area contributed by atoms with Gasteiger partial charge in [-0.25, -0.2) is 0 Å². The molecular formula is C16H22Cl3N3O3. The predicted octanol–water partition coefficient (Wildman–Crippen LogP) is 3.06. The molecule has 0 fully saturated rings. The minimum absolute atomic E-state index is 0.0939. The van der Waals surface area contributed by atoms with Gasteiger partial charge in [0.15, 0.2) is 0 Å². The number of carbonyl (C=O) groups is 2. The van der Waals surface area contributed by atoms with Crippen molar-refractivity contribution in [1.29, 1.82) is 0 Å². The van der Waals surface area contributed by atoms with E-state index in [4.69, 9.17) is 39.5 Å². The number of nitrogens with one attached hydrogen (secondary N) is 2. The van der Waals surface area contributed by atoms with E-state index in [-0.39, 0.29) is 28.4 Å². The molecule has 1 unspecified atom stereocenters. The van der Waals surface area contributed by atoms with Crippen molar-refractivity contribution in [3.63, 3.8) is 0 Å². The zero-order chi connectivity index (χ0) is 19.0. The maximum Gasteiger partial charge on any atom is 0.241 e. The molecule has 1 atom stereocenters. The first kappa shape index (κ1) is 22.0. The van der Waals surface area contributed by atoms with Crippen LogP contribution in [0.5, 0.6) is 0 Å². The van der Waals surface area contributed by atoms with Crippen molar-refractivity contribution >= 4 is 52.3 Å². The van der Waals surface area contributed by atoms with Crippen molar-refractivity contribution in [2.24, 2.45) is 0 Å². The number of nitrogens with zero attached hydrogens (tertiary/aromatic N) is 1. The number of ether oxygens (including phenoxy) is 1. The molecule has 0 saturated heterocycles. The Bertz CT molecular complexity index is 614. The summed E-state index contributed by atoms with van der Waals surface area (Å²) in [6.45, 7) is 2.90. The molecule has 0 radical (unpaired) electrons. The van der Waals surface area contributed by atoms with Gasteiger partial charge < -0.3 is 15.4 Å². The highest BCUT2D eigenvalue weighted by molar-refractivity contribution is 6.44. The van der Waals surface area contributed by atoms with Gasteiger partial charge in [-0.2, -0.15) is 0 Å². The van der Waals surface area contributed by atoms with Crippen LogP contribution in [0.15, 0.2) is 12.1 Å². The second-order valence-electron chi connectivity index (χ2n) is 5.52. The quantitative estimate of drug-likeness (QED) is 0.485. The first-order valence-electron chi connectivity index (χ1n) is 7.67. The van der Waals surface area contributed by atoms with Crippen LogP contribution in [0.4, 0.5) is 5.69 Å². The molecule has 0 spiro atoms. The largest absolute Gasteiger partial charge is 0.385 e. The summed E-state index contributed by atoms with van der Waals surface area (Å²) in [5.74, 6) is -0.471. The number of anilines is 1. The summed E-state index contributed by atoms with van der Waals surface area (Å²) < 4.78 is 4.91. The summed E-state index contributed by atoms with van der Waals surface area (Å²) in [7, 11) is 3.30. The zero-order valence-electron chi connectivity index (χ0n) is 14.4. The van der Waals surface area contributed by atoms with Crippen molar-refractivity contribution in [1.82, 2.24) is 10.2 Å². The number of carbonyl (C=O) groups excluding carboxylic acids is 2. The smallest absolute Gasteiger partial charge is 0.241 e. The molecule has 0 aliphatic carbocycles. The second-order valence-corrected chi connectivity index (χ2v) is 6.74. The predicted molar refractivity (Wildman–Crippen MR) is 102 cm³/mol. The van der Waals surface area contributed by atoms with Gasteiger partial charge in [-0.1, -0.05) is 34.8 Å². The maximum absolute atomic E-state index is 12.3. The third-order valence-corrected chi connectivity index (χ3v) is 4.58. The van der Waals surface area contributed by atoms with Gasteiger partial charge in [0, 0.05) is 20.3 Å². The number of amides is 2. The third kappa shape index (κ3) is 7.38.